The maximum absolute atomic E-state index is 10.9. The topological polar surface area (TPSA) is 57.8 Å². The summed E-state index contributed by atoms with van der Waals surface area (Å²) in [4.78, 5) is 10.9. The number of aromatic nitrogens is 2. The molecule has 0 saturated heterocycles. The zero-order valence-corrected chi connectivity index (χ0v) is 7.63. The maximum atomic E-state index is 10.9. The first-order valence-corrected chi connectivity index (χ1v) is 4.47. The SMILES string of the molecule is CC1(CNc2cn[nH]c(=O)c2)CC1. The molecule has 0 aliphatic heterocycles. The van der Waals surface area contributed by atoms with Gasteiger partial charge in [0.25, 0.3) is 5.56 Å². The molecule has 0 bridgehead atoms. The minimum absolute atomic E-state index is 0.161. The summed E-state index contributed by atoms with van der Waals surface area (Å²) in [6, 6.07) is 1.53. The highest BCUT2D eigenvalue weighted by Gasteiger charge is 2.36. The normalized spacial score (nSPS) is 18.2. The summed E-state index contributed by atoms with van der Waals surface area (Å²) in [5.74, 6) is 0. The van der Waals surface area contributed by atoms with Crippen molar-refractivity contribution in [3.63, 3.8) is 0 Å². The quantitative estimate of drug-likeness (QED) is 0.727. The number of H-pyrrole nitrogens is 1. The van der Waals surface area contributed by atoms with Crippen LogP contribution in [0.5, 0.6) is 0 Å². The summed E-state index contributed by atoms with van der Waals surface area (Å²) in [6.07, 6.45) is 4.18. The second-order valence-corrected chi connectivity index (χ2v) is 4.00. The lowest BCUT2D eigenvalue weighted by molar-refractivity contribution is 0.610. The van der Waals surface area contributed by atoms with Gasteiger partial charge in [0.05, 0.1) is 11.9 Å². The number of hydrogen-bond donors (Lipinski definition) is 2. The van der Waals surface area contributed by atoms with Crippen molar-refractivity contribution in [3.05, 3.63) is 22.6 Å². The van der Waals surface area contributed by atoms with Gasteiger partial charge in [-0.1, -0.05) is 6.92 Å². The first kappa shape index (κ1) is 8.29. The number of hydrogen-bond acceptors (Lipinski definition) is 3. The van der Waals surface area contributed by atoms with Gasteiger partial charge in [0.1, 0.15) is 0 Å². The smallest absolute Gasteiger partial charge is 0.266 e. The van der Waals surface area contributed by atoms with Crippen molar-refractivity contribution in [3.8, 4) is 0 Å². The third-order valence-electron chi connectivity index (χ3n) is 2.49. The van der Waals surface area contributed by atoms with Crippen molar-refractivity contribution >= 4 is 5.69 Å². The van der Waals surface area contributed by atoms with E-state index in [1.165, 1.54) is 18.9 Å². The molecule has 0 spiro atoms. The third-order valence-corrected chi connectivity index (χ3v) is 2.49. The Labute approximate surface area is 76.4 Å². The molecular weight excluding hydrogens is 166 g/mol. The molecule has 2 rings (SSSR count). The predicted octanol–water partition coefficient (Wildman–Crippen LogP) is 0.982. The van der Waals surface area contributed by atoms with Gasteiger partial charge in [-0.3, -0.25) is 4.79 Å². The zero-order chi connectivity index (χ0) is 9.31. The highest BCUT2D eigenvalue weighted by atomic mass is 16.1. The third kappa shape index (κ3) is 2.08. The van der Waals surface area contributed by atoms with Crippen LogP contribution in [-0.4, -0.2) is 16.7 Å². The van der Waals surface area contributed by atoms with Gasteiger partial charge in [-0.05, 0) is 18.3 Å². The van der Waals surface area contributed by atoms with Gasteiger partial charge >= 0.3 is 0 Å². The summed E-state index contributed by atoms with van der Waals surface area (Å²) >= 11 is 0. The first-order valence-electron chi connectivity index (χ1n) is 4.47. The van der Waals surface area contributed by atoms with Crippen molar-refractivity contribution in [2.24, 2.45) is 5.41 Å². The molecule has 13 heavy (non-hydrogen) atoms. The Morgan fingerprint density at radius 1 is 1.69 bits per heavy atom. The Balaban J connectivity index is 1.98. The Bertz CT molecular complexity index is 354. The summed E-state index contributed by atoms with van der Waals surface area (Å²) < 4.78 is 0. The lowest BCUT2D eigenvalue weighted by Gasteiger charge is -2.09. The van der Waals surface area contributed by atoms with Gasteiger partial charge < -0.3 is 5.32 Å². The molecule has 1 fully saturated rings. The molecule has 1 saturated carbocycles. The van der Waals surface area contributed by atoms with Crippen molar-refractivity contribution in [1.82, 2.24) is 10.2 Å². The lowest BCUT2D eigenvalue weighted by atomic mass is 10.1. The van der Waals surface area contributed by atoms with Crippen LogP contribution in [0.3, 0.4) is 0 Å². The van der Waals surface area contributed by atoms with E-state index in [1.54, 1.807) is 6.20 Å². The Morgan fingerprint density at radius 3 is 3.08 bits per heavy atom. The van der Waals surface area contributed by atoms with Crippen LogP contribution >= 0.6 is 0 Å². The largest absolute Gasteiger partial charge is 0.383 e. The minimum Gasteiger partial charge on any atom is -0.383 e. The molecular formula is C9H13N3O. The van der Waals surface area contributed by atoms with E-state index in [1.807, 2.05) is 0 Å². The predicted molar refractivity (Wildman–Crippen MR) is 50.7 cm³/mol. The fourth-order valence-corrected chi connectivity index (χ4v) is 1.18. The van der Waals surface area contributed by atoms with Crippen molar-refractivity contribution < 1.29 is 0 Å². The van der Waals surface area contributed by atoms with Crippen LogP contribution in [0, 0.1) is 5.41 Å². The maximum Gasteiger partial charge on any atom is 0.266 e. The van der Waals surface area contributed by atoms with Gasteiger partial charge in [0.15, 0.2) is 0 Å². The number of anilines is 1. The second-order valence-electron chi connectivity index (χ2n) is 4.00. The van der Waals surface area contributed by atoms with Gasteiger partial charge in [-0.25, -0.2) is 5.10 Å². The highest BCUT2D eigenvalue weighted by molar-refractivity contribution is 5.39. The van der Waals surface area contributed by atoms with Crippen molar-refractivity contribution in [2.75, 3.05) is 11.9 Å². The molecule has 1 aromatic rings. The van der Waals surface area contributed by atoms with E-state index in [0.717, 1.165) is 12.2 Å². The van der Waals surface area contributed by atoms with Crippen LogP contribution in [0.4, 0.5) is 5.69 Å². The molecule has 4 heteroatoms. The Hall–Kier alpha value is -1.32. The monoisotopic (exact) mass is 179 g/mol. The van der Waals surface area contributed by atoms with E-state index in [0.29, 0.717) is 5.41 Å². The molecule has 1 aromatic heterocycles. The molecule has 0 aromatic carbocycles. The molecule has 0 unspecified atom stereocenters. The van der Waals surface area contributed by atoms with Crippen LogP contribution in [0.25, 0.3) is 0 Å². The van der Waals surface area contributed by atoms with Crippen LogP contribution in [0.2, 0.25) is 0 Å². The Kier molecular flexibility index (Phi) is 1.83. The van der Waals surface area contributed by atoms with E-state index in [4.69, 9.17) is 0 Å². The van der Waals surface area contributed by atoms with E-state index in [9.17, 15) is 4.79 Å². The van der Waals surface area contributed by atoms with Crippen LogP contribution in [-0.2, 0) is 0 Å². The first-order chi connectivity index (χ1) is 6.18. The van der Waals surface area contributed by atoms with Crippen LogP contribution in [0.1, 0.15) is 19.8 Å². The van der Waals surface area contributed by atoms with Gasteiger partial charge in [-0.2, -0.15) is 5.10 Å². The molecule has 1 aliphatic rings. The fraction of sp³-hybridized carbons (Fsp3) is 0.556. The molecule has 70 valence electrons. The number of rotatable bonds is 3. The molecule has 4 nitrogen and oxygen atoms in total. The van der Waals surface area contributed by atoms with Crippen LogP contribution in [0.15, 0.2) is 17.1 Å². The van der Waals surface area contributed by atoms with Crippen molar-refractivity contribution in [2.45, 2.75) is 19.8 Å². The van der Waals surface area contributed by atoms with Gasteiger partial charge in [-0.15, -0.1) is 0 Å². The van der Waals surface area contributed by atoms with E-state index < -0.39 is 0 Å². The lowest BCUT2D eigenvalue weighted by Crippen LogP contribution is -2.14. The molecule has 2 N–H and O–H groups in total. The highest BCUT2D eigenvalue weighted by Crippen LogP contribution is 2.44. The number of nitrogens with one attached hydrogen (secondary N) is 2. The molecule has 0 amide bonds. The average molecular weight is 179 g/mol. The number of nitrogens with zero attached hydrogens (tertiary/aromatic N) is 1. The summed E-state index contributed by atoms with van der Waals surface area (Å²) in [7, 11) is 0. The van der Waals surface area contributed by atoms with E-state index >= 15 is 0 Å². The summed E-state index contributed by atoms with van der Waals surface area (Å²) in [6.45, 7) is 3.17. The van der Waals surface area contributed by atoms with Crippen molar-refractivity contribution in [1.29, 1.82) is 0 Å². The van der Waals surface area contributed by atoms with Gasteiger partial charge in [0.2, 0.25) is 0 Å². The second kappa shape index (κ2) is 2.87. The number of aromatic amines is 1. The molecule has 0 atom stereocenters. The van der Waals surface area contributed by atoms with E-state index in [-0.39, 0.29) is 5.56 Å². The average Bonchev–Trinajstić information content (AvgIpc) is 2.82. The zero-order valence-electron chi connectivity index (χ0n) is 7.63. The summed E-state index contributed by atoms with van der Waals surface area (Å²) in [5, 5.41) is 9.25. The van der Waals surface area contributed by atoms with Gasteiger partial charge in [0, 0.05) is 12.6 Å². The molecule has 1 aliphatic carbocycles. The Morgan fingerprint density at radius 2 is 2.46 bits per heavy atom. The minimum atomic E-state index is -0.161. The fourth-order valence-electron chi connectivity index (χ4n) is 1.18. The summed E-state index contributed by atoms with van der Waals surface area (Å²) in [5.41, 5.74) is 1.09. The van der Waals surface area contributed by atoms with Crippen LogP contribution < -0.4 is 10.9 Å². The molecule has 0 radical (unpaired) electrons. The van der Waals surface area contributed by atoms with E-state index in [2.05, 4.69) is 22.4 Å². The molecule has 1 heterocycles. The standard InChI is InChI=1S/C9H13N3O/c1-9(2-3-9)6-10-7-4-8(13)12-11-5-7/h4-5H,2-3,6H2,1H3,(H2,10,12,13).